The molecule has 0 unspecified atom stereocenters. The van der Waals surface area contributed by atoms with Gasteiger partial charge in [-0.1, -0.05) is 18.0 Å². The minimum atomic E-state index is -5.93. The fourth-order valence-electron chi connectivity index (χ4n) is 1.92. The molecular weight excluding hydrogens is 371 g/mol. The van der Waals surface area contributed by atoms with Gasteiger partial charge in [-0.05, 0) is 31.0 Å². The highest BCUT2D eigenvalue weighted by Gasteiger charge is 2.63. The first-order valence-electron chi connectivity index (χ1n) is 7.28. The quantitative estimate of drug-likeness (QED) is 0.307. The normalized spacial score (nSPS) is 12.1. The Balaban J connectivity index is 2.32. The lowest BCUT2D eigenvalue weighted by atomic mass is 10.0. The molecule has 4 nitrogen and oxygen atoms in total. The number of carbonyl (C=O) groups excluding carboxylic acids is 2. The fourth-order valence-corrected chi connectivity index (χ4v) is 2.14. The summed E-state index contributed by atoms with van der Waals surface area (Å²) in [5.41, 5.74) is 6.20. The van der Waals surface area contributed by atoms with E-state index >= 15 is 0 Å². The van der Waals surface area contributed by atoms with Crippen molar-refractivity contribution >= 4 is 29.0 Å². The number of carbonyl (C=O) groups is 2. The van der Waals surface area contributed by atoms with Crippen LogP contribution in [0, 0.1) is 0 Å². The number of nitrogens with one attached hydrogen (secondary N) is 1. The van der Waals surface area contributed by atoms with E-state index in [0.29, 0.717) is 18.5 Å². The number of benzene rings is 1. The van der Waals surface area contributed by atoms with Gasteiger partial charge < -0.3 is 11.1 Å². The maximum Gasteiger partial charge on any atom is 0.463 e. The van der Waals surface area contributed by atoms with Crippen LogP contribution in [0.3, 0.4) is 0 Å². The van der Waals surface area contributed by atoms with Crippen molar-refractivity contribution in [3.05, 3.63) is 28.8 Å². The van der Waals surface area contributed by atoms with Gasteiger partial charge >= 0.3 is 12.1 Å². The zero-order valence-corrected chi connectivity index (χ0v) is 13.7. The Bertz CT molecular complexity index is 635. The fraction of sp³-hybridized carbons (Fsp3) is 0.467. The van der Waals surface area contributed by atoms with Crippen molar-refractivity contribution in [2.45, 2.75) is 37.8 Å². The van der Waals surface area contributed by atoms with Crippen LogP contribution in [0.15, 0.2) is 18.2 Å². The van der Waals surface area contributed by atoms with Gasteiger partial charge in [-0.15, -0.1) is 0 Å². The van der Waals surface area contributed by atoms with E-state index in [0.717, 1.165) is 0 Å². The van der Waals surface area contributed by atoms with Crippen LogP contribution < -0.4 is 11.1 Å². The molecule has 0 spiro atoms. The summed E-state index contributed by atoms with van der Waals surface area (Å²) in [4.78, 5) is 22.8. The Hall–Kier alpha value is -1.90. The molecule has 1 aromatic rings. The molecule has 0 atom stereocenters. The number of hydrogen-bond donors (Lipinski definition) is 2. The van der Waals surface area contributed by atoms with Crippen LogP contribution in [-0.4, -0.2) is 30.3 Å². The second-order valence-electron chi connectivity index (χ2n) is 5.30. The van der Waals surface area contributed by atoms with E-state index in [2.05, 4.69) is 0 Å². The van der Waals surface area contributed by atoms with Gasteiger partial charge in [-0.25, -0.2) is 0 Å². The van der Waals surface area contributed by atoms with Gasteiger partial charge in [0.1, 0.15) is 0 Å². The minimum Gasteiger partial charge on any atom is -0.399 e. The molecule has 0 aliphatic carbocycles. The summed E-state index contributed by atoms with van der Waals surface area (Å²) in [6.07, 6.45) is -4.97. The molecule has 10 heteroatoms. The highest BCUT2D eigenvalue weighted by atomic mass is 35.5. The van der Waals surface area contributed by atoms with Gasteiger partial charge in [0.15, 0.2) is 5.78 Å². The van der Waals surface area contributed by atoms with Crippen molar-refractivity contribution in [1.82, 2.24) is 5.32 Å². The summed E-state index contributed by atoms with van der Waals surface area (Å²) in [5.74, 6) is -8.07. The molecule has 0 aromatic heterocycles. The molecule has 3 N–H and O–H groups in total. The predicted molar refractivity (Wildman–Crippen MR) is 82.7 cm³/mol. The largest absolute Gasteiger partial charge is 0.463 e. The minimum absolute atomic E-state index is 0.107. The predicted octanol–water partition coefficient (Wildman–Crippen LogP) is 3.98. The molecule has 0 aliphatic rings. The third-order valence-corrected chi connectivity index (χ3v) is 3.63. The average Bonchev–Trinajstić information content (AvgIpc) is 2.51. The third kappa shape index (κ3) is 5.84. The number of Topliss-reactive ketones (excluding diaryl/α,β-unsaturated/α-hetero) is 1. The summed E-state index contributed by atoms with van der Waals surface area (Å²) in [7, 11) is 0. The van der Waals surface area contributed by atoms with E-state index in [1.165, 1.54) is 17.4 Å². The molecule has 1 amide bonds. The molecule has 0 heterocycles. The topological polar surface area (TPSA) is 72.2 Å². The number of halogens is 6. The summed E-state index contributed by atoms with van der Waals surface area (Å²) < 4.78 is 61.2. The Morgan fingerprint density at radius 2 is 1.72 bits per heavy atom. The molecule has 1 aromatic carbocycles. The molecule has 25 heavy (non-hydrogen) atoms. The molecule has 140 valence electrons. The second kappa shape index (κ2) is 8.46. The van der Waals surface area contributed by atoms with Crippen molar-refractivity contribution in [1.29, 1.82) is 0 Å². The summed E-state index contributed by atoms with van der Waals surface area (Å²) in [6, 6.07) is 4.46. The number of amides is 1. The van der Waals surface area contributed by atoms with Crippen LogP contribution in [0.4, 0.5) is 27.6 Å². The molecule has 0 bridgehead atoms. The van der Waals surface area contributed by atoms with E-state index < -0.39 is 18.0 Å². The number of anilines is 1. The number of rotatable bonds is 8. The van der Waals surface area contributed by atoms with Gasteiger partial charge in [-0.2, -0.15) is 22.0 Å². The lowest BCUT2D eigenvalue weighted by molar-refractivity contribution is -0.269. The van der Waals surface area contributed by atoms with Crippen LogP contribution in [-0.2, 0) is 4.79 Å². The second-order valence-corrected chi connectivity index (χ2v) is 5.71. The van der Waals surface area contributed by atoms with E-state index in [-0.39, 0.29) is 35.8 Å². The number of nitrogen functional groups attached to an aromatic ring is 1. The zero-order valence-electron chi connectivity index (χ0n) is 12.9. The molecule has 0 radical (unpaired) electrons. The van der Waals surface area contributed by atoms with Gasteiger partial charge in [0.05, 0.1) is 5.02 Å². The van der Waals surface area contributed by atoms with Gasteiger partial charge in [-0.3, -0.25) is 9.59 Å². The number of hydrogen-bond acceptors (Lipinski definition) is 3. The molecule has 0 aliphatic heterocycles. The molecule has 0 saturated carbocycles. The summed E-state index contributed by atoms with van der Waals surface area (Å²) >= 11 is 5.88. The van der Waals surface area contributed by atoms with Gasteiger partial charge in [0.2, 0.25) is 0 Å². The highest BCUT2D eigenvalue weighted by molar-refractivity contribution is 6.34. The van der Waals surface area contributed by atoms with Crippen molar-refractivity contribution in [2.75, 3.05) is 12.3 Å². The van der Waals surface area contributed by atoms with Crippen LogP contribution >= 0.6 is 11.6 Å². The Kier molecular flexibility index (Phi) is 7.16. The summed E-state index contributed by atoms with van der Waals surface area (Å²) in [6.45, 7) is -0.349. The maximum absolute atomic E-state index is 12.7. The Labute approximate surface area is 145 Å². The number of ketones is 1. The van der Waals surface area contributed by atoms with Crippen LogP contribution in [0.2, 0.25) is 5.02 Å². The molecular formula is C15H16ClF5N2O2. The Morgan fingerprint density at radius 1 is 1.08 bits per heavy atom. The SMILES string of the molecule is Nc1ccc(Cl)c(C(=O)CCCCCNC(=O)C(F)(F)C(F)(F)F)c1. The lowest BCUT2D eigenvalue weighted by Crippen LogP contribution is -2.50. The number of nitrogens with two attached hydrogens (primary N) is 1. The zero-order chi connectivity index (χ0) is 19.3. The van der Waals surface area contributed by atoms with E-state index in [4.69, 9.17) is 17.3 Å². The molecule has 0 saturated heterocycles. The lowest BCUT2D eigenvalue weighted by Gasteiger charge is -2.18. The third-order valence-electron chi connectivity index (χ3n) is 3.30. The van der Waals surface area contributed by atoms with E-state index in [9.17, 15) is 31.5 Å². The standard InChI is InChI=1S/C15H16ClF5N2O2/c16-11-6-5-9(22)8-10(11)12(24)4-2-1-3-7-23-13(25)14(17,18)15(19,20)21/h5-6,8H,1-4,7,22H2,(H,23,25). The van der Waals surface area contributed by atoms with Gasteiger partial charge in [0.25, 0.3) is 5.91 Å². The summed E-state index contributed by atoms with van der Waals surface area (Å²) in [5, 5.41) is 1.79. The Morgan fingerprint density at radius 3 is 2.32 bits per heavy atom. The number of alkyl halides is 5. The first-order chi connectivity index (χ1) is 11.5. The number of unbranched alkanes of at least 4 members (excludes halogenated alkanes) is 2. The highest BCUT2D eigenvalue weighted by Crippen LogP contribution is 2.35. The van der Waals surface area contributed by atoms with E-state index in [1.807, 2.05) is 0 Å². The van der Waals surface area contributed by atoms with Crippen LogP contribution in [0.25, 0.3) is 0 Å². The maximum atomic E-state index is 12.7. The van der Waals surface area contributed by atoms with Crippen molar-refractivity contribution in [2.24, 2.45) is 0 Å². The van der Waals surface area contributed by atoms with Crippen molar-refractivity contribution in [3.63, 3.8) is 0 Å². The van der Waals surface area contributed by atoms with Crippen LogP contribution in [0.5, 0.6) is 0 Å². The van der Waals surface area contributed by atoms with Crippen molar-refractivity contribution < 1.29 is 31.5 Å². The van der Waals surface area contributed by atoms with Crippen molar-refractivity contribution in [3.8, 4) is 0 Å². The van der Waals surface area contributed by atoms with Crippen LogP contribution in [0.1, 0.15) is 36.0 Å². The monoisotopic (exact) mass is 386 g/mol. The first-order valence-corrected chi connectivity index (χ1v) is 7.65. The average molecular weight is 387 g/mol. The smallest absolute Gasteiger partial charge is 0.399 e. The molecule has 1 rings (SSSR count). The molecule has 0 fully saturated rings. The van der Waals surface area contributed by atoms with Gasteiger partial charge in [0, 0.05) is 24.2 Å². The van der Waals surface area contributed by atoms with E-state index in [1.54, 1.807) is 6.07 Å². The first kappa shape index (κ1) is 21.1.